The molecule has 0 aliphatic heterocycles. The molecule has 0 saturated carbocycles. The van der Waals surface area contributed by atoms with Crippen molar-refractivity contribution < 1.29 is 9.50 Å². The minimum atomic E-state index is -0.150. The highest BCUT2D eigenvalue weighted by Gasteiger charge is 2.07. The molecule has 112 valence electrons. The summed E-state index contributed by atoms with van der Waals surface area (Å²) in [5.41, 5.74) is 2.97. The molecular formula is C18H22FNO. The molecule has 0 saturated heterocycles. The number of aliphatic hydroxyl groups excluding tert-OH is 1. The predicted molar refractivity (Wildman–Crippen MR) is 85.0 cm³/mol. The zero-order valence-electron chi connectivity index (χ0n) is 12.3. The van der Waals surface area contributed by atoms with E-state index < -0.39 is 0 Å². The lowest BCUT2D eigenvalue weighted by Crippen LogP contribution is -2.18. The van der Waals surface area contributed by atoms with Gasteiger partial charge in [0.15, 0.2) is 0 Å². The Balaban J connectivity index is 1.96. The van der Waals surface area contributed by atoms with Crippen LogP contribution >= 0.6 is 0 Å². The number of hydrogen-bond acceptors (Lipinski definition) is 2. The lowest BCUT2D eigenvalue weighted by Gasteiger charge is -2.16. The molecule has 2 N–H and O–H groups in total. The molecule has 0 aromatic heterocycles. The van der Waals surface area contributed by atoms with Gasteiger partial charge in [0, 0.05) is 18.3 Å². The van der Waals surface area contributed by atoms with E-state index in [4.69, 9.17) is 5.11 Å². The third-order valence-corrected chi connectivity index (χ3v) is 3.45. The second-order valence-electron chi connectivity index (χ2n) is 5.37. The summed E-state index contributed by atoms with van der Waals surface area (Å²) in [6.07, 6.45) is 2.29. The summed E-state index contributed by atoms with van der Waals surface area (Å²) in [6.45, 7) is 2.26. The lowest BCUT2D eigenvalue weighted by molar-refractivity contribution is 0.288. The molecule has 0 aliphatic carbocycles. The van der Waals surface area contributed by atoms with Crippen molar-refractivity contribution in [2.24, 2.45) is 0 Å². The maximum atomic E-state index is 13.6. The third kappa shape index (κ3) is 4.87. The van der Waals surface area contributed by atoms with Gasteiger partial charge < -0.3 is 10.4 Å². The van der Waals surface area contributed by atoms with Crippen molar-refractivity contribution in [1.29, 1.82) is 0 Å². The van der Waals surface area contributed by atoms with Gasteiger partial charge in [0.05, 0.1) is 0 Å². The van der Waals surface area contributed by atoms with E-state index in [1.165, 1.54) is 11.6 Å². The van der Waals surface area contributed by atoms with Gasteiger partial charge in [-0.05, 0) is 55.5 Å². The molecule has 3 heteroatoms. The summed E-state index contributed by atoms with van der Waals surface area (Å²) >= 11 is 0. The highest BCUT2D eigenvalue weighted by Crippen LogP contribution is 2.16. The zero-order chi connectivity index (χ0) is 15.1. The number of anilines is 1. The minimum absolute atomic E-state index is 0.148. The van der Waals surface area contributed by atoms with Crippen molar-refractivity contribution in [2.45, 2.75) is 32.2 Å². The number of halogens is 1. The monoisotopic (exact) mass is 287 g/mol. The standard InChI is InChI=1S/C18H22FNO/c1-14(12-16-8-2-3-10-18(16)19)20-17-9-4-6-15(13-17)7-5-11-21/h2-4,6,8-10,13-14,20-21H,5,7,11-12H2,1H3. The SMILES string of the molecule is CC(Cc1ccccc1F)Nc1cccc(CCCO)c1. The van der Waals surface area contributed by atoms with Gasteiger partial charge in [0.1, 0.15) is 5.82 Å². The fourth-order valence-electron chi connectivity index (χ4n) is 2.43. The first-order chi connectivity index (χ1) is 10.2. The molecular weight excluding hydrogens is 265 g/mol. The number of rotatable bonds is 7. The van der Waals surface area contributed by atoms with E-state index in [1.807, 2.05) is 31.2 Å². The van der Waals surface area contributed by atoms with Crippen molar-refractivity contribution >= 4 is 5.69 Å². The molecule has 1 atom stereocenters. The third-order valence-electron chi connectivity index (χ3n) is 3.45. The fraction of sp³-hybridized carbons (Fsp3) is 0.333. The topological polar surface area (TPSA) is 32.3 Å². The van der Waals surface area contributed by atoms with Crippen LogP contribution in [0.3, 0.4) is 0 Å². The Kier molecular flexibility index (Phi) is 5.76. The Hall–Kier alpha value is -1.87. The molecule has 2 aromatic carbocycles. The molecule has 2 aromatic rings. The number of nitrogens with one attached hydrogen (secondary N) is 1. The highest BCUT2D eigenvalue weighted by atomic mass is 19.1. The van der Waals surface area contributed by atoms with Gasteiger partial charge >= 0.3 is 0 Å². The number of aryl methyl sites for hydroxylation is 1. The van der Waals surface area contributed by atoms with Crippen molar-refractivity contribution in [1.82, 2.24) is 0 Å². The predicted octanol–water partition coefficient (Wildman–Crippen LogP) is 3.79. The second kappa shape index (κ2) is 7.79. The molecule has 2 rings (SSSR count). The van der Waals surface area contributed by atoms with Crippen LogP contribution in [-0.4, -0.2) is 17.8 Å². The largest absolute Gasteiger partial charge is 0.396 e. The Bertz CT molecular complexity index is 571. The van der Waals surface area contributed by atoms with Crippen LogP contribution < -0.4 is 5.32 Å². The van der Waals surface area contributed by atoms with E-state index in [1.54, 1.807) is 6.07 Å². The van der Waals surface area contributed by atoms with E-state index in [2.05, 4.69) is 17.4 Å². The van der Waals surface area contributed by atoms with Gasteiger partial charge in [0.25, 0.3) is 0 Å². The lowest BCUT2D eigenvalue weighted by atomic mass is 10.1. The van der Waals surface area contributed by atoms with Crippen LogP contribution in [0.15, 0.2) is 48.5 Å². The Morgan fingerprint density at radius 1 is 1.14 bits per heavy atom. The van der Waals surface area contributed by atoms with E-state index >= 15 is 0 Å². The molecule has 0 spiro atoms. The van der Waals surface area contributed by atoms with Crippen molar-refractivity contribution in [3.05, 3.63) is 65.5 Å². The van der Waals surface area contributed by atoms with Crippen LogP contribution in [0.1, 0.15) is 24.5 Å². The summed E-state index contributed by atoms with van der Waals surface area (Å²) in [4.78, 5) is 0. The molecule has 0 heterocycles. The van der Waals surface area contributed by atoms with Crippen LogP contribution in [0.4, 0.5) is 10.1 Å². The number of benzene rings is 2. The van der Waals surface area contributed by atoms with Gasteiger partial charge in [-0.3, -0.25) is 0 Å². The van der Waals surface area contributed by atoms with Crippen LogP contribution in [0.25, 0.3) is 0 Å². The van der Waals surface area contributed by atoms with Gasteiger partial charge in [-0.15, -0.1) is 0 Å². The van der Waals surface area contributed by atoms with E-state index in [-0.39, 0.29) is 18.5 Å². The Labute approximate surface area is 125 Å². The van der Waals surface area contributed by atoms with E-state index in [0.717, 1.165) is 24.1 Å². The maximum absolute atomic E-state index is 13.6. The molecule has 0 radical (unpaired) electrons. The van der Waals surface area contributed by atoms with Gasteiger partial charge in [0.2, 0.25) is 0 Å². The number of aliphatic hydroxyl groups is 1. The molecule has 0 fully saturated rings. The molecule has 0 aliphatic rings. The van der Waals surface area contributed by atoms with E-state index in [9.17, 15) is 4.39 Å². The quantitative estimate of drug-likeness (QED) is 0.812. The minimum Gasteiger partial charge on any atom is -0.396 e. The molecule has 0 amide bonds. The van der Waals surface area contributed by atoms with Crippen molar-refractivity contribution in [3.8, 4) is 0 Å². The Morgan fingerprint density at radius 3 is 2.71 bits per heavy atom. The fourth-order valence-corrected chi connectivity index (χ4v) is 2.43. The summed E-state index contributed by atoms with van der Waals surface area (Å²) in [6, 6.07) is 15.2. The molecule has 2 nitrogen and oxygen atoms in total. The summed E-state index contributed by atoms with van der Waals surface area (Å²) < 4.78 is 13.6. The van der Waals surface area contributed by atoms with E-state index in [0.29, 0.717) is 6.42 Å². The van der Waals surface area contributed by atoms with Crippen LogP contribution in [0.2, 0.25) is 0 Å². The normalized spacial score (nSPS) is 12.1. The van der Waals surface area contributed by atoms with Crippen LogP contribution in [-0.2, 0) is 12.8 Å². The summed E-state index contributed by atoms with van der Waals surface area (Å²) in [5.74, 6) is -0.150. The average Bonchev–Trinajstić information content (AvgIpc) is 2.48. The zero-order valence-corrected chi connectivity index (χ0v) is 12.3. The average molecular weight is 287 g/mol. The van der Waals surface area contributed by atoms with Crippen LogP contribution in [0, 0.1) is 5.82 Å². The first kappa shape index (κ1) is 15.5. The van der Waals surface area contributed by atoms with Gasteiger partial charge in [-0.25, -0.2) is 4.39 Å². The summed E-state index contributed by atoms with van der Waals surface area (Å²) in [7, 11) is 0. The smallest absolute Gasteiger partial charge is 0.126 e. The first-order valence-electron chi connectivity index (χ1n) is 7.39. The highest BCUT2D eigenvalue weighted by molar-refractivity contribution is 5.46. The van der Waals surface area contributed by atoms with Crippen molar-refractivity contribution in [2.75, 3.05) is 11.9 Å². The summed E-state index contributed by atoms with van der Waals surface area (Å²) in [5, 5.41) is 12.3. The van der Waals surface area contributed by atoms with Gasteiger partial charge in [-0.2, -0.15) is 0 Å². The first-order valence-corrected chi connectivity index (χ1v) is 7.39. The molecule has 0 bridgehead atoms. The molecule has 1 unspecified atom stereocenters. The molecule has 21 heavy (non-hydrogen) atoms. The number of hydrogen-bond donors (Lipinski definition) is 2. The maximum Gasteiger partial charge on any atom is 0.126 e. The van der Waals surface area contributed by atoms with Gasteiger partial charge in [-0.1, -0.05) is 30.3 Å². The Morgan fingerprint density at radius 2 is 1.95 bits per heavy atom. The van der Waals surface area contributed by atoms with Crippen LogP contribution in [0.5, 0.6) is 0 Å². The van der Waals surface area contributed by atoms with Crippen molar-refractivity contribution in [3.63, 3.8) is 0 Å². The second-order valence-corrected chi connectivity index (χ2v) is 5.37.